The number of nitrogens with one attached hydrogen (secondary N) is 1. The summed E-state index contributed by atoms with van der Waals surface area (Å²) in [6.07, 6.45) is 61.9. The van der Waals surface area contributed by atoms with E-state index in [1.807, 2.05) is 6.08 Å². The minimum Gasteiger partial charge on any atom is -0.454 e. The summed E-state index contributed by atoms with van der Waals surface area (Å²) in [5.74, 6) is -1.18. The number of carbonyl (C=O) groups is 2. The molecule has 6 N–H and O–H groups in total. The van der Waals surface area contributed by atoms with Crippen LogP contribution in [0.5, 0.6) is 0 Å². The van der Waals surface area contributed by atoms with Crippen molar-refractivity contribution in [1.82, 2.24) is 5.32 Å². The third-order valence-corrected chi connectivity index (χ3v) is 16.8. The lowest BCUT2D eigenvalue weighted by molar-refractivity contribution is -0.305. The van der Waals surface area contributed by atoms with Crippen LogP contribution in [0.2, 0.25) is 0 Å². The Hall–Kier alpha value is -2.12. The van der Waals surface area contributed by atoms with Gasteiger partial charge in [0.25, 0.3) is 0 Å². The number of amides is 1. The molecule has 0 aromatic rings. The standard InChI is InChI=1S/C71H133NO10/c1-4-7-10-13-16-19-22-25-27-28-29-30-31-32-33-34-35-36-37-38-39-41-44-47-50-53-56-59-66(76)82-69-68(78)67(77)65(60-73)81-71(69)80-61-62(63(74)57-54-51-48-45-42-24-21-18-15-12-9-6-3)72-70(79)64(75)58-55-52-49-46-43-40-26-23-20-17-14-11-8-5-2/h16,19,25,27,54,57,62-65,67-69,71,73-75,77-78H,4-15,17-18,20-24,26,28-53,55-56,58-61H2,1-3H3,(H,72,79)/b19-16-,27-25-,57-54+. The second-order valence-electron chi connectivity index (χ2n) is 24.6. The molecular weight excluding hydrogens is 1030 g/mol. The monoisotopic (exact) mass is 1160 g/mol. The predicted molar refractivity (Wildman–Crippen MR) is 343 cm³/mol. The molecule has 82 heavy (non-hydrogen) atoms. The Morgan fingerprint density at radius 1 is 0.476 bits per heavy atom. The van der Waals surface area contributed by atoms with E-state index in [9.17, 15) is 35.1 Å². The molecule has 0 saturated carbocycles. The fourth-order valence-electron chi connectivity index (χ4n) is 11.2. The maximum Gasteiger partial charge on any atom is 0.306 e. The molecule has 8 atom stereocenters. The Morgan fingerprint density at radius 2 is 0.841 bits per heavy atom. The van der Waals surface area contributed by atoms with Crippen LogP contribution in [-0.2, 0) is 23.8 Å². The number of hydrogen-bond acceptors (Lipinski definition) is 10. The smallest absolute Gasteiger partial charge is 0.306 e. The predicted octanol–water partition coefficient (Wildman–Crippen LogP) is 17.8. The fraction of sp³-hybridized carbons (Fsp3) is 0.887. The molecule has 1 fully saturated rings. The first-order valence-electron chi connectivity index (χ1n) is 35.3. The van der Waals surface area contributed by atoms with Crippen LogP contribution in [0.15, 0.2) is 36.5 Å². The lowest BCUT2D eigenvalue weighted by Crippen LogP contribution is -2.61. The quantitative estimate of drug-likeness (QED) is 0.0195. The highest BCUT2D eigenvalue weighted by atomic mass is 16.7. The van der Waals surface area contributed by atoms with Gasteiger partial charge in [0.05, 0.1) is 25.4 Å². The summed E-state index contributed by atoms with van der Waals surface area (Å²) in [6.45, 7) is 5.81. The van der Waals surface area contributed by atoms with Gasteiger partial charge in [-0.25, -0.2) is 0 Å². The van der Waals surface area contributed by atoms with Crippen LogP contribution in [0, 0.1) is 0 Å². The Labute approximate surface area is 504 Å². The molecule has 0 bridgehead atoms. The molecule has 0 aromatic carbocycles. The number of aliphatic hydroxyl groups excluding tert-OH is 5. The summed E-state index contributed by atoms with van der Waals surface area (Å²) in [5, 5.41) is 57.1. The van der Waals surface area contributed by atoms with Gasteiger partial charge >= 0.3 is 5.97 Å². The van der Waals surface area contributed by atoms with Gasteiger partial charge in [0.2, 0.25) is 5.91 Å². The molecule has 482 valence electrons. The van der Waals surface area contributed by atoms with Crippen molar-refractivity contribution < 1.29 is 49.3 Å². The Morgan fingerprint density at radius 3 is 1.27 bits per heavy atom. The van der Waals surface area contributed by atoms with Gasteiger partial charge in [-0.05, 0) is 57.8 Å². The van der Waals surface area contributed by atoms with Gasteiger partial charge in [0, 0.05) is 6.42 Å². The lowest BCUT2D eigenvalue weighted by Gasteiger charge is -2.41. The topological polar surface area (TPSA) is 175 Å². The Kier molecular flexibility index (Phi) is 56.3. The average Bonchev–Trinajstić information content (AvgIpc) is 3.48. The van der Waals surface area contributed by atoms with Gasteiger partial charge in [-0.3, -0.25) is 9.59 Å². The second kappa shape index (κ2) is 59.2. The van der Waals surface area contributed by atoms with Gasteiger partial charge in [0.1, 0.15) is 24.4 Å². The van der Waals surface area contributed by atoms with Crippen molar-refractivity contribution in [3.05, 3.63) is 36.5 Å². The van der Waals surface area contributed by atoms with E-state index in [1.165, 1.54) is 231 Å². The summed E-state index contributed by atoms with van der Waals surface area (Å²) in [6, 6.07) is -1.02. The van der Waals surface area contributed by atoms with E-state index in [1.54, 1.807) is 6.08 Å². The maximum atomic E-state index is 13.4. The highest BCUT2D eigenvalue weighted by molar-refractivity contribution is 5.80. The minimum absolute atomic E-state index is 0.128. The van der Waals surface area contributed by atoms with Crippen LogP contribution in [0.1, 0.15) is 342 Å². The summed E-state index contributed by atoms with van der Waals surface area (Å²) in [7, 11) is 0. The van der Waals surface area contributed by atoms with E-state index in [0.29, 0.717) is 19.3 Å². The third kappa shape index (κ3) is 46.1. The van der Waals surface area contributed by atoms with Crippen molar-refractivity contribution in [2.24, 2.45) is 0 Å². The van der Waals surface area contributed by atoms with Crippen LogP contribution >= 0.6 is 0 Å². The Bertz CT molecular complexity index is 1470. The highest BCUT2D eigenvalue weighted by Gasteiger charge is 2.47. The first-order chi connectivity index (χ1) is 40.2. The van der Waals surface area contributed by atoms with Crippen molar-refractivity contribution in [3.8, 4) is 0 Å². The van der Waals surface area contributed by atoms with E-state index in [2.05, 4.69) is 50.4 Å². The van der Waals surface area contributed by atoms with Gasteiger partial charge in [0.15, 0.2) is 12.4 Å². The zero-order valence-electron chi connectivity index (χ0n) is 53.6. The van der Waals surface area contributed by atoms with Crippen molar-refractivity contribution >= 4 is 11.9 Å². The normalized spacial score (nSPS) is 18.8. The van der Waals surface area contributed by atoms with Crippen molar-refractivity contribution in [1.29, 1.82) is 0 Å². The van der Waals surface area contributed by atoms with Gasteiger partial charge in [-0.1, -0.05) is 314 Å². The molecule has 1 heterocycles. The molecule has 1 aliphatic rings. The molecule has 0 aromatic heterocycles. The zero-order chi connectivity index (χ0) is 59.6. The van der Waals surface area contributed by atoms with Crippen LogP contribution in [0.3, 0.4) is 0 Å². The summed E-state index contributed by atoms with van der Waals surface area (Å²) in [4.78, 5) is 26.6. The van der Waals surface area contributed by atoms with E-state index >= 15 is 0 Å². The first-order valence-corrected chi connectivity index (χ1v) is 35.3. The highest BCUT2D eigenvalue weighted by Crippen LogP contribution is 2.26. The molecule has 1 aliphatic heterocycles. The van der Waals surface area contributed by atoms with Crippen molar-refractivity contribution in [3.63, 3.8) is 0 Å². The van der Waals surface area contributed by atoms with E-state index in [4.69, 9.17) is 14.2 Å². The minimum atomic E-state index is -1.61. The largest absolute Gasteiger partial charge is 0.454 e. The molecule has 11 nitrogen and oxygen atoms in total. The number of esters is 1. The number of hydrogen-bond donors (Lipinski definition) is 6. The third-order valence-electron chi connectivity index (χ3n) is 16.8. The number of allylic oxidation sites excluding steroid dienone is 5. The fourth-order valence-corrected chi connectivity index (χ4v) is 11.2. The summed E-state index contributed by atoms with van der Waals surface area (Å²) >= 11 is 0. The summed E-state index contributed by atoms with van der Waals surface area (Å²) < 4.78 is 17.7. The molecule has 0 aliphatic carbocycles. The molecule has 1 rings (SSSR count). The van der Waals surface area contributed by atoms with Crippen LogP contribution < -0.4 is 5.32 Å². The van der Waals surface area contributed by atoms with Gasteiger partial charge < -0.3 is 45.1 Å². The van der Waals surface area contributed by atoms with E-state index in [0.717, 1.165) is 64.2 Å². The second-order valence-corrected chi connectivity index (χ2v) is 24.6. The number of ether oxygens (including phenoxy) is 3. The molecular formula is C71H133NO10. The number of carbonyl (C=O) groups excluding carboxylic acids is 2. The molecule has 1 amide bonds. The van der Waals surface area contributed by atoms with Crippen LogP contribution in [-0.4, -0.2) is 99.6 Å². The SMILES string of the molecule is CCCCC/C=C\C/C=C\CCCCCCCCCCCCCCCCCCCC(=O)OC1C(OCC(NC(=O)C(O)CCCCCCCCCCCCCCCC)C(O)/C=C/CCCCCCCCCCCC)OC(CO)C(O)C1O. The van der Waals surface area contributed by atoms with Crippen LogP contribution in [0.25, 0.3) is 0 Å². The molecule has 11 heteroatoms. The molecule has 8 unspecified atom stereocenters. The van der Waals surface area contributed by atoms with E-state index in [-0.39, 0.29) is 13.0 Å². The zero-order valence-corrected chi connectivity index (χ0v) is 53.6. The lowest BCUT2D eigenvalue weighted by atomic mass is 9.99. The van der Waals surface area contributed by atoms with Gasteiger partial charge in [-0.2, -0.15) is 0 Å². The molecule has 0 spiro atoms. The number of unbranched alkanes of at least 4 members (excludes halogenated alkanes) is 43. The van der Waals surface area contributed by atoms with Crippen molar-refractivity contribution in [2.75, 3.05) is 13.2 Å². The maximum absolute atomic E-state index is 13.4. The van der Waals surface area contributed by atoms with Gasteiger partial charge in [-0.15, -0.1) is 0 Å². The number of rotatable bonds is 61. The molecule has 1 saturated heterocycles. The first kappa shape index (κ1) is 77.9. The van der Waals surface area contributed by atoms with E-state index < -0.39 is 67.4 Å². The number of aliphatic hydroxyl groups is 5. The molecule has 0 radical (unpaired) electrons. The summed E-state index contributed by atoms with van der Waals surface area (Å²) in [5.41, 5.74) is 0. The Balaban J connectivity index is 2.52. The van der Waals surface area contributed by atoms with Crippen molar-refractivity contribution in [2.45, 2.75) is 391 Å². The average molecular weight is 1160 g/mol. The van der Waals surface area contributed by atoms with Crippen LogP contribution in [0.4, 0.5) is 0 Å².